The third-order valence-electron chi connectivity index (χ3n) is 3.96. The Hall–Kier alpha value is -3.16. The molecule has 0 bridgehead atoms. The summed E-state index contributed by atoms with van der Waals surface area (Å²) in [5.41, 5.74) is 1.64. The van der Waals surface area contributed by atoms with Crippen LogP contribution in [0.1, 0.15) is 6.42 Å². The first-order valence-electron chi connectivity index (χ1n) is 7.66. The zero-order valence-corrected chi connectivity index (χ0v) is 13.1. The maximum atomic E-state index is 12.5. The van der Waals surface area contributed by atoms with E-state index < -0.39 is 0 Å². The fourth-order valence-electron chi connectivity index (χ4n) is 2.75. The van der Waals surface area contributed by atoms with E-state index in [1.54, 1.807) is 15.8 Å². The smallest absolute Gasteiger partial charge is 0.264 e. The highest BCUT2D eigenvalue weighted by molar-refractivity contribution is 6.00. The molecule has 1 saturated heterocycles. The summed E-state index contributed by atoms with van der Waals surface area (Å²) >= 11 is 0. The number of carbonyl (C=O) groups excluding carboxylic acids is 1. The molecule has 0 radical (unpaired) electrons. The molecule has 1 aromatic carbocycles. The van der Waals surface area contributed by atoms with Crippen LogP contribution in [0.2, 0.25) is 0 Å². The Morgan fingerprint density at radius 1 is 1.29 bits per heavy atom. The summed E-state index contributed by atoms with van der Waals surface area (Å²) in [4.78, 5) is 18.6. The summed E-state index contributed by atoms with van der Waals surface area (Å²) in [7, 11) is 1.82. The van der Waals surface area contributed by atoms with Crippen LogP contribution in [0.3, 0.4) is 0 Å². The number of nitrogens with one attached hydrogen (secondary N) is 1. The summed E-state index contributed by atoms with van der Waals surface area (Å²) < 4.78 is 6.92. The molecule has 0 aliphatic carbocycles. The number of benzene rings is 1. The molecule has 1 N–H and O–H groups in total. The molecule has 3 aromatic rings. The van der Waals surface area contributed by atoms with Crippen LogP contribution in [0.25, 0.3) is 11.5 Å². The van der Waals surface area contributed by atoms with E-state index in [2.05, 4.69) is 20.6 Å². The highest BCUT2D eigenvalue weighted by Crippen LogP contribution is 2.23. The van der Waals surface area contributed by atoms with Crippen molar-refractivity contribution in [1.29, 1.82) is 0 Å². The van der Waals surface area contributed by atoms with Gasteiger partial charge < -0.3 is 14.7 Å². The first-order chi connectivity index (χ1) is 11.7. The fourth-order valence-corrected chi connectivity index (χ4v) is 2.75. The minimum absolute atomic E-state index is 0.0194. The molecule has 1 aliphatic heterocycles. The van der Waals surface area contributed by atoms with Crippen LogP contribution in [0.4, 0.5) is 11.6 Å². The van der Waals surface area contributed by atoms with Crippen LogP contribution in [-0.2, 0) is 11.8 Å². The number of hydrogen-bond donors (Lipinski definition) is 1. The molecular weight excluding hydrogens is 308 g/mol. The van der Waals surface area contributed by atoms with Crippen LogP contribution >= 0.6 is 0 Å². The van der Waals surface area contributed by atoms with Crippen molar-refractivity contribution in [2.75, 3.05) is 16.8 Å². The van der Waals surface area contributed by atoms with Crippen molar-refractivity contribution in [1.82, 2.24) is 19.9 Å². The summed E-state index contributed by atoms with van der Waals surface area (Å²) in [5.74, 6) is 0.724. The number of hydrogen-bond acceptors (Lipinski definition) is 6. The van der Waals surface area contributed by atoms with Gasteiger partial charge in [-0.1, -0.05) is 18.2 Å². The average Bonchev–Trinajstić information content (AvgIpc) is 3.31. The van der Waals surface area contributed by atoms with Gasteiger partial charge in [0.15, 0.2) is 0 Å². The van der Waals surface area contributed by atoms with Crippen LogP contribution < -0.4 is 10.2 Å². The van der Waals surface area contributed by atoms with Gasteiger partial charge >= 0.3 is 0 Å². The van der Waals surface area contributed by atoms with Gasteiger partial charge in [0.05, 0.1) is 11.9 Å². The molecule has 3 heterocycles. The Kier molecular flexibility index (Phi) is 3.49. The molecule has 8 heteroatoms. The summed E-state index contributed by atoms with van der Waals surface area (Å²) in [6.07, 6.45) is 4.17. The van der Waals surface area contributed by atoms with E-state index in [1.807, 2.05) is 43.6 Å². The van der Waals surface area contributed by atoms with Gasteiger partial charge in [0.25, 0.3) is 11.8 Å². The Bertz CT molecular complexity index is 856. The number of nitrogens with zero attached hydrogens (tertiary/aromatic N) is 5. The predicted molar refractivity (Wildman–Crippen MR) is 87.3 cm³/mol. The van der Waals surface area contributed by atoms with E-state index in [1.165, 1.54) is 0 Å². The van der Waals surface area contributed by atoms with Gasteiger partial charge in [0, 0.05) is 25.4 Å². The lowest BCUT2D eigenvalue weighted by molar-refractivity contribution is -0.117. The molecule has 1 unspecified atom stereocenters. The Morgan fingerprint density at radius 2 is 2.12 bits per heavy atom. The summed E-state index contributed by atoms with van der Waals surface area (Å²) in [6.45, 7) is 0.631. The molecule has 1 aliphatic rings. The molecule has 122 valence electrons. The highest BCUT2D eigenvalue weighted by atomic mass is 16.5. The second kappa shape index (κ2) is 5.80. The minimum atomic E-state index is -0.369. The topological polar surface area (TPSA) is 89.1 Å². The molecule has 1 amide bonds. The molecule has 8 nitrogen and oxygen atoms in total. The second-order valence-corrected chi connectivity index (χ2v) is 5.64. The van der Waals surface area contributed by atoms with Gasteiger partial charge in [-0.05, 0) is 23.7 Å². The lowest BCUT2D eigenvalue weighted by atomic mass is 10.2. The first-order valence-corrected chi connectivity index (χ1v) is 7.66. The number of carbonyl (C=O) groups is 1. The van der Waals surface area contributed by atoms with Gasteiger partial charge in [0.1, 0.15) is 6.04 Å². The molecule has 1 fully saturated rings. The van der Waals surface area contributed by atoms with Crippen molar-refractivity contribution in [3.63, 3.8) is 0 Å². The van der Waals surface area contributed by atoms with Gasteiger partial charge in [-0.25, -0.2) is 0 Å². The Labute approximate surface area is 138 Å². The van der Waals surface area contributed by atoms with Gasteiger partial charge in [-0.3, -0.25) is 9.48 Å². The quantitative estimate of drug-likeness (QED) is 0.785. The van der Waals surface area contributed by atoms with E-state index in [-0.39, 0.29) is 11.9 Å². The molecule has 4 rings (SSSR count). The van der Waals surface area contributed by atoms with E-state index in [4.69, 9.17) is 4.52 Å². The Balaban J connectivity index is 1.47. The molecule has 1 atom stereocenters. The molecule has 24 heavy (non-hydrogen) atoms. The number of amides is 1. The second-order valence-electron chi connectivity index (χ2n) is 5.64. The lowest BCUT2D eigenvalue weighted by Crippen LogP contribution is -2.33. The zero-order valence-electron chi connectivity index (χ0n) is 13.1. The maximum Gasteiger partial charge on any atom is 0.264 e. The third-order valence-corrected chi connectivity index (χ3v) is 3.96. The number of aryl methyl sites for hydroxylation is 1. The molecule has 2 aromatic heterocycles. The van der Waals surface area contributed by atoms with Gasteiger partial charge in [0.2, 0.25) is 5.91 Å². The standard InChI is InChI=1S/C16H16N6O2/c1-21-10-12(9-17-21)22-8-7-13(15(22)23)18-16-19-14(24-20-16)11-5-3-2-4-6-11/h2-6,9-10,13H,7-8H2,1H3,(H,18,20). The minimum Gasteiger partial charge on any atom is -0.340 e. The Morgan fingerprint density at radius 3 is 2.88 bits per heavy atom. The largest absolute Gasteiger partial charge is 0.340 e. The molecule has 0 spiro atoms. The van der Waals surface area contributed by atoms with E-state index in [0.717, 1.165) is 11.3 Å². The normalized spacial score (nSPS) is 17.5. The summed E-state index contributed by atoms with van der Waals surface area (Å²) in [6, 6.07) is 9.14. The number of anilines is 2. The lowest BCUT2D eigenvalue weighted by Gasteiger charge is -2.14. The average molecular weight is 324 g/mol. The maximum absolute atomic E-state index is 12.5. The van der Waals surface area contributed by atoms with Gasteiger partial charge in [-0.15, -0.1) is 0 Å². The zero-order chi connectivity index (χ0) is 16.5. The number of aromatic nitrogens is 4. The monoisotopic (exact) mass is 324 g/mol. The SMILES string of the molecule is Cn1cc(N2CCC(Nc3noc(-c4ccccc4)n3)C2=O)cn1. The van der Waals surface area contributed by atoms with Gasteiger partial charge in [-0.2, -0.15) is 10.1 Å². The molecular formula is C16H16N6O2. The van der Waals surface area contributed by atoms with Crippen LogP contribution in [0, 0.1) is 0 Å². The third kappa shape index (κ3) is 2.62. The summed E-state index contributed by atoms with van der Waals surface area (Å²) in [5, 5.41) is 11.1. The van der Waals surface area contributed by atoms with Crippen molar-refractivity contribution >= 4 is 17.5 Å². The fraction of sp³-hybridized carbons (Fsp3) is 0.250. The van der Waals surface area contributed by atoms with Crippen LogP contribution in [0.15, 0.2) is 47.2 Å². The van der Waals surface area contributed by atoms with Crippen molar-refractivity contribution in [2.45, 2.75) is 12.5 Å². The van der Waals surface area contributed by atoms with E-state index >= 15 is 0 Å². The van der Waals surface area contributed by atoms with Crippen molar-refractivity contribution in [2.24, 2.45) is 7.05 Å². The van der Waals surface area contributed by atoms with Crippen molar-refractivity contribution < 1.29 is 9.32 Å². The number of rotatable bonds is 4. The molecule has 0 saturated carbocycles. The highest BCUT2D eigenvalue weighted by Gasteiger charge is 2.34. The predicted octanol–water partition coefficient (Wildman–Crippen LogP) is 1.69. The van der Waals surface area contributed by atoms with Crippen molar-refractivity contribution in [3.8, 4) is 11.5 Å². The van der Waals surface area contributed by atoms with E-state index in [9.17, 15) is 4.79 Å². The van der Waals surface area contributed by atoms with E-state index in [0.29, 0.717) is 24.8 Å². The van der Waals surface area contributed by atoms with Crippen LogP contribution in [0.5, 0.6) is 0 Å². The van der Waals surface area contributed by atoms with Crippen LogP contribution in [-0.4, -0.2) is 38.4 Å². The van der Waals surface area contributed by atoms with Crippen molar-refractivity contribution in [3.05, 3.63) is 42.7 Å². The first kappa shape index (κ1) is 14.4.